The highest BCUT2D eigenvalue weighted by atomic mass is 16.6. The molecule has 50 heavy (non-hydrogen) atoms. The maximum atomic E-state index is 14.6. The van der Waals surface area contributed by atoms with Gasteiger partial charge in [-0.3, -0.25) is 19.2 Å². The minimum Gasteiger partial charge on any atom is -0.507 e. The number of methoxy groups -OCH3 is 4. The Morgan fingerprint density at radius 1 is 0.940 bits per heavy atom. The van der Waals surface area contributed by atoms with Gasteiger partial charge in [0.25, 0.3) is 0 Å². The number of aliphatic hydroxyl groups is 3. The van der Waals surface area contributed by atoms with Crippen molar-refractivity contribution in [1.29, 1.82) is 0 Å². The monoisotopic (exact) mass is 697 g/mol. The second-order valence-corrected chi connectivity index (χ2v) is 12.6. The van der Waals surface area contributed by atoms with E-state index in [1.807, 2.05) is 0 Å². The molecule has 266 valence electrons. The van der Waals surface area contributed by atoms with Crippen LogP contribution in [0.1, 0.15) is 75.4 Å². The van der Waals surface area contributed by atoms with Crippen LogP contribution in [0, 0.1) is 6.92 Å². The van der Waals surface area contributed by atoms with Crippen molar-refractivity contribution in [3.05, 3.63) is 68.4 Å². The Hall–Kier alpha value is -4.55. The molecule has 0 amide bonds. The molecule has 16 nitrogen and oxygen atoms in total. The number of nitrogens with one attached hydrogen (secondary N) is 1. The van der Waals surface area contributed by atoms with Gasteiger partial charge < -0.3 is 54.5 Å². The molecule has 0 unspecified atom stereocenters. The molecule has 6 rings (SSSR count). The number of rotatable bonds is 6. The van der Waals surface area contributed by atoms with Gasteiger partial charge in [-0.25, -0.2) is 4.79 Å². The Morgan fingerprint density at radius 2 is 1.60 bits per heavy atom. The molecule has 2 aromatic carbocycles. The molecular formula is C34H35NO15. The summed E-state index contributed by atoms with van der Waals surface area (Å²) < 4.78 is 26.8. The lowest BCUT2D eigenvalue weighted by atomic mass is 9.56. The van der Waals surface area contributed by atoms with E-state index >= 15 is 0 Å². The first-order valence-electron chi connectivity index (χ1n) is 15.4. The molecule has 1 heterocycles. The number of ketones is 4. The fourth-order valence-corrected chi connectivity index (χ4v) is 7.85. The zero-order valence-electron chi connectivity index (χ0n) is 27.7. The van der Waals surface area contributed by atoms with Crippen molar-refractivity contribution in [2.75, 3.05) is 28.4 Å². The number of esters is 1. The molecule has 1 fully saturated rings. The number of aromatic hydroxyl groups is 2. The molecule has 0 spiro atoms. The topological polar surface area (TPSA) is 245 Å². The molecule has 0 aromatic heterocycles. The number of hydrogen-bond donors (Lipinski definition) is 6. The Kier molecular flexibility index (Phi) is 8.50. The number of ether oxygens (including phenoxy) is 5. The predicted molar refractivity (Wildman–Crippen MR) is 166 cm³/mol. The third kappa shape index (κ3) is 4.40. The zero-order valence-corrected chi connectivity index (χ0v) is 27.7. The van der Waals surface area contributed by atoms with Gasteiger partial charge in [-0.05, 0) is 31.0 Å². The van der Waals surface area contributed by atoms with E-state index in [1.165, 1.54) is 27.2 Å². The van der Waals surface area contributed by atoms with E-state index in [4.69, 9.17) is 23.7 Å². The summed E-state index contributed by atoms with van der Waals surface area (Å²) in [7, 11) is 4.62. The van der Waals surface area contributed by atoms with Crippen LogP contribution in [0.5, 0.6) is 11.5 Å². The third-order valence-corrected chi connectivity index (χ3v) is 10.2. The van der Waals surface area contributed by atoms with E-state index in [9.17, 15) is 49.5 Å². The molecule has 8 atom stereocenters. The van der Waals surface area contributed by atoms with Gasteiger partial charge in [0.2, 0.25) is 17.3 Å². The molecule has 3 aliphatic carbocycles. The average Bonchev–Trinajstić information content (AvgIpc) is 3.05. The number of phenolic OH excluding ortho intramolecular Hbond substituents is 2. The first kappa shape index (κ1) is 35.3. The average molecular weight is 698 g/mol. The summed E-state index contributed by atoms with van der Waals surface area (Å²) in [6.07, 6.45) is -6.55. The molecule has 0 bridgehead atoms. The van der Waals surface area contributed by atoms with Crippen LogP contribution in [-0.2, 0) is 35.7 Å². The van der Waals surface area contributed by atoms with Crippen LogP contribution in [0.2, 0.25) is 0 Å². The lowest BCUT2D eigenvalue weighted by Crippen LogP contribution is -2.73. The van der Waals surface area contributed by atoms with Crippen molar-refractivity contribution in [1.82, 2.24) is 5.32 Å². The van der Waals surface area contributed by atoms with Crippen molar-refractivity contribution in [3.8, 4) is 11.5 Å². The Labute approximate surface area is 284 Å². The summed E-state index contributed by atoms with van der Waals surface area (Å²) in [5, 5.41) is 60.3. The van der Waals surface area contributed by atoms with Crippen molar-refractivity contribution in [2.24, 2.45) is 0 Å². The SMILES string of the molecule is COC(=O)c1c(C)cc2c(c1O)[C@@]1(O)C(=O)c3cc4c(c(O)c3C(=O)[C@@]1(OC)[C@@H](O)C2)C(=O)C=C(N[C@H]1O[C@@H](C)[C@H](OC)[C@@H](O)[C@H]1OC)C4=O. The maximum absolute atomic E-state index is 14.6. The summed E-state index contributed by atoms with van der Waals surface area (Å²) in [5.41, 5.74) is -10.1. The number of hydrogen-bond acceptors (Lipinski definition) is 16. The van der Waals surface area contributed by atoms with E-state index in [-0.39, 0.29) is 16.8 Å². The standard InChI is InChI=1S/C34H35NO15/c1-11-7-13-8-18(37)34(49-6)30(43)21-15(29(42)33(34,45)22(13)25(40)19(11)32(44)48-5)9-14-20(24(21)39)17(36)10-16(23(14)38)35-31-28(47-4)26(41)27(46-3)12(2)50-31/h7,9-10,12,18,26-28,31,35,37,39-41,45H,8H2,1-6H3/t12-,18-,26+,27-,28+,31-,33+,34-/m0/s1. The second kappa shape index (κ2) is 12.1. The van der Waals surface area contributed by atoms with Gasteiger partial charge in [0.05, 0.1) is 36.1 Å². The first-order valence-corrected chi connectivity index (χ1v) is 15.4. The fraction of sp³-hybridized carbons (Fsp3) is 0.441. The van der Waals surface area contributed by atoms with E-state index in [2.05, 4.69) is 5.32 Å². The number of aryl methyl sites for hydroxylation is 1. The number of Topliss-reactive ketones (excluding diaryl/α,β-unsaturated/α-hetero) is 3. The number of carbonyl (C=O) groups excluding carboxylic acids is 5. The van der Waals surface area contributed by atoms with E-state index in [0.717, 1.165) is 26.4 Å². The summed E-state index contributed by atoms with van der Waals surface area (Å²) in [5.74, 6) is -7.67. The second-order valence-electron chi connectivity index (χ2n) is 12.6. The largest absolute Gasteiger partial charge is 0.507 e. The first-order chi connectivity index (χ1) is 23.6. The Balaban J connectivity index is 1.51. The molecule has 16 heteroatoms. The van der Waals surface area contributed by atoms with Gasteiger partial charge in [-0.2, -0.15) is 0 Å². The van der Waals surface area contributed by atoms with Crippen LogP contribution in [0.4, 0.5) is 0 Å². The number of fused-ring (bicyclic) bond motifs is 5. The minimum atomic E-state index is -3.23. The third-order valence-electron chi connectivity index (χ3n) is 10.2. The molecule has 0 radical (unpaired) electrons. The highest BCUT2D eigenvalue weighted by Crippen LogP contribution is 2.56. The van der Waals surface area contributed by atoms with Gasteiger partial charge >= 0.3 is 5.97 Å². The molecule has 1 saturated heterocycles. The van der Waals surface area contributed by atoms with Crippen LogP contribution >= 0.6 is 0 Å². The van der Waals surface area contributed by atoms with Gasteiger partial charge in [0, 0.05) is 50.5 Å². The number of allylic oxidation sites excluding steroid dienone is 2. The highest BCUT2D eigenvalue weighted by molar-refractivity contribution is 6.31. The van der Waals surface area contributed by atoms with Gasteiger partial charge in [0.1, 0.15) is 35.4 Å². The molecular weight excluding hydrogens is 662 g/mol. The number of aliphatic hydroxyl groups excluding tert-OH is 2. The highest BCUT2D eigenvalue weighted by Gasteiger charge is 2.72. The Bertz CT molecular complexity index is 1920. The smallest absolute Gasteiger partial charge is 0.341 e. The Morgan fingerprint density at radius 3 is 2.20 bits per heavy atom. The zero-order chi connectivity index (χ0) is 36.8. The van der Waals surface area contributed by atoms with Crippen LogP contribution in [-0.4, -0.2) is 125 Å². The minimum absolute atomic E-state index is 0.00455. The van der Waals surface area contributed by atoms with Gasteiger partial charge in [-0.1, -0.05) is 6.07 Å². The molecule has 0 saturated carbocycles. The van der Waals surface area contributed by atoms with Crippen LogP contribution in [0.3, 0.4) is 0 Å². The summed E-state index contributed by atoms with van der Waals surface area (Å²) in [4.78, 5) is 69.1. The lowest BCUT2D eigenvalue weighted by Gasteiger charge is -2.52. The molecule has 4 aliphatic rings. The molecule has 2 aromatic rings. The van der Waals surface area contributed by atoms with Crippen LogP contribution < -0.4 is 5.32 Å². The molecule has 6 N–H and O–H groups in total. The fourth-order valence-electron chi connectivity index (χ4n) is 7.85. The van der Waals surface area contributed by atoms with Crippen molar-refractivity contribution >= 4 is 29.1 Å². The summed E-state index contributed by atoms with van der Waals surface area (Å²) in [6.45, 7) is 3.06. The van der Waals surface area contributed by atoms with Gasteiger partial charge in [-0.15, -0.1) is 0 Å². The van der Waals surface area contributed by atoms with E-state index in [1.54, 1.807) is 6.92 Å². The van der Waals surface area contributed by atoms with Crippen LogP contribution in [0.15, 0.2) is 23.9 Å². The maximum Gasteiger partial charge on any atom is 0.341 e. The lowest BCUT2D eigenvalue weighted by molar-refractivity contribution is -0.236. The summed E-state index contributed by atoms with van der Waals surface area (Å²) in [6, 6.07) is 2.18. The quantitative estimate of drug-likeness (QED) is 0.213. The van der Waals surface area contributed by atoms with Crippen LogP contribution in [0.25, 0.3) is 0 Å². The molecule has 1 aliphatic heterocycles. The van der Waals surface area contributed by atoms with Crippen molar-refractivity contribution in [2.45, 2.75) is 68.2 Å². The van der Waals surface area contributed by atoms with Gasteiger partial charge in [0.15, 0.2) is 23.2 Å². The summed E-state index contributed by atoms with van der Waals surface area (Å²) >= 11 is 0. The van der Waals surface area contributed by atoms with E-state index in [0.29, 0.717) is 0 Å². The van der Waals surface area contributed by atoms with Crippen molar-refractivity contribution < 1.29 is 73.2 Å². The number of phenols is 2. The van der Waals surface area contributed by atoms with E-state index < -0.39 is 128 Å². The predicted octanol–water partition coefficient (Wildman–Crippen LogP) is -0.250. The van der Waals surface area contributed by atoms with Crippen molar-refractivity contribution in [3.63, 3.8) is 0 Å². The number of carbonyl (C=O) groups is 5. The number of benzene rings is 2. The normalized spacial score (nSPS) is 31.7.